The molecule has 0 fully saturated rings. The van der Waals surface area contributed by atoms with Crippen molar-refractivity contribution in [2.24, 2.45) is 0 Å². The molecule has 0 spiro atoms. The average molecular weight is 377 g/mol. The highest BCUT2D eigenvalue weighted by atomic mass is 16.4. The van der Waals surface area contributed by atoms with Crippen molar-refractivity contribution in [1.29, 1.82) is 0 Å². The van der Waals surface area contributed by atoms with Crippen LogP contribution in [0.4, 0.5) is 0 Å². The summed E-state index contributed by atoms with van der Waals surface area (Å²) in [6.07, 6.45) is 0. The van der Waals surface area contributed by atoms with Crippen molar-refractivity contribution in [2.45, 2.75) is 5.54 Å². The van der Waals surface area contributed by atoms with Gasteiger partial charge in [0.2, 0.25) is 0 Å². The molecular weight excluding hydrogens is 358 g/mol. The van der Waals surface area contributed by atoms with Gasteiger partial charge in [0.25, 0.3) is 0 Å². The fourth-order valence-corrected chi connectivity index (χ4v) is 4.21. The second-order valence-corrected chi connectivity index (χ2v) is 6.98. The number of para-hydroxylation sites is 2. The molecule has 5 rings (SSSR count). The molecule has 0 aliphatic heterocycles. The van der Waals surface area contributed by atoms with E-state index in [1.165, 1.54) is 0 Å². The van der Waals surface area contributed by atoms with Crippen LogP contribution < -0.4 is 5.76 Å². The maximum Gasteiger partial charge on any atom is 0.421 e. The first-order chi connectivity index (χ1) is 14.3. The van der Waals surface area contributed by atoms with Crippen LogP contribution in [-0.2, 0) is 5.54 Å². The van der Waals surface area contributed by atoms with Crippen LogP contribution in [0.3, 0.4) is 0 Å². The lowest BCUT2D eigenvalue weighted by Crippen LogP contribution is -2.42. The van der Waals surface area contributed by atoms with Crippen LogP contribution in [-0.4, -0.2) is 4.57 Å². The van der Waals surface area contributed by atoms with Crippen molar-refractivity contribution in [3.63, 3.8) is 0 Å². The van der Waals surface area contributed by atoms with Crippen LogP contribution in [0.2, 0.25) is 0 Å². The third kappa shape index (κ3) is 2.63. The van der Waals surface area contributed by atoms with E-state index in [1.807, 2.05) is 78.9 Å². The number of benzene rings is 4. The largest absolute Gasteiger partial charge is 0.421 e. The second kappa shape index (κ2) is 6.95. The lowest BCUT2D eigenvalue weighted by molar-refractivity contribution is 0.441. The Hall–Kier alpha value is -3.85. The van der Waals surface area contributed by atoms with E-state index in [-0.39, 0.29) is 5.76 Å². The monoisotopic (exact) mass is 377 g/mol. The fraction of sp³-hybridized carbons (Fsp3) is 0.0385. The molecule has 0 aliphatic carbocycles. The summed E-state index contributed by atoms with van der Waals surface area (Å²) in [5.41, 5.74) is 3.44. The van der Waals surface area contributed by atoms with Crippen molar-refractivity contribution >= 4 is 11.1 Å². The normalized spacial score (nSPS) is 11.6. The zero-order chi connectivity index (χ0) is 19.7. The summed E-state index contributed by atoms with van der Waals surface area (Å²) in [6.45, 7) is 0. The van der Waals surface area contributed by atoms with Gasteiger partial charge in [-0.25, -0.2) is 4.79 Å². The predicted molar refractivity (Wildman–Crippen MR) is 115 cm³/mol. The van der Waals surface area contributed by atoms with Crippen LogP contribution in [0.25, 0.3) is 11.1 Å². The average Bonchev–Trinajstić information content (AvgIpc) is 3.13. The van der Waals surface area contributed by atoms with Crippen LogP contribution >= 0.6 is 0 Å². The quantitative estimate of drug-likeness (QED) is 0.391. The Bertz CT molecular complexity index is 1210. The van der Waals surface area contributed by atoms with Gasteiger partial charge in [0.05, 0.1) is 5.52 Å². The van der Waals surface area contributed by atoms with Gasteiger partial charge in [-0.3, -0.25) is 4.57 Å². The van der Waals surface area contributed by atoms with Crippen molar-refractivity contribution in [3.05, 3.63) is 143 Å². The lowest BCUT2D eigenvalue weighted by atomic mass is 9.76. The molecule has 4 aromatic carbocycles. The van der Waals surface area contributed by atoms with E-state index in [2.05, 4.69) is 36.4 Å². The summed E-state index contributed by atoms with van der Waals surface area (Å²) >= 11 is 0. The maximum atomic E-state index is 13.3. The SMILES string of the molecule is O=c1oc2ccccc2n1C(c1ccccc1)(c1ccccc1)c1ccccc1. The van der Waals surface area contributed by atoms with Gasteiger partial charge >= 0.3 is 5.76 Å². The predicted octanol–water partition coefficient (Wildman–Crippen LogP) is 5.43. The molecule has 0 unspecified atom stereocenters. The first-order valence-corrected chi connectivity index (χ1v) is 9.59. The molecule has 140 valence electrons. The molecule has 0 N–H and O–H groups in total. The van der Waals surface area contributed by atoms with E-state index in [4.69, 9.17) is 4.42 Å². The molecule has 3 heteroatoms. The molecule has 0 aliphatic rings. The number of nitrogens with zero attached hydrogens (tertiary/aromatic N) is 1. The van der Waals surface area contributed by atoms with Gasteiger partial charge in [0.1, 0.15) is 5.54 Å². The highest BCUT2D eigenvalue weighted by Crippen LogP contribution is 2.41. The van der Waals surface area contributed by atoms with Gasteiger partial charge in [0, 0.05) is 0 Å². The topological polar surface area (TPSA) is 35.1 Å². The van der Waals surface area contributed by atoms with Crippen LogP contribution in [0.15, 0.2) is 124 Å². The van der Waals surface area contributed by atoms with Gasteiger partial charge in [-0.2, -0.15) is 0 Å². The Labute approximate surface area is 168 Å². The molecular formula is C26H19NO2. The molecule has 29 heavy (non-hydrogen) atoms. The minimum atomic E-state index is -0.868. The summed E-state index contributed by atoms with van der Waals surface area (Å²) in [5.74, 6) is -0.386. The summed E-state index contributed by atoms with van der Waals surface area (Å²) < 4.78 is 7.46. The van der Waals surface area contributed by atoms with Gasteiger partial charge < -0.3 is 4.42 Å². The molecule has 5 aromatic rings. The molecule has 1 aromatic heterocycles. The Morgan fingerprint density at radius 3 is 1.45 bits per heavy atom. The van der Waals surface area contributed by atoms with E-state index < -0.39 is 5.54 Å². The first-order valence-electron chi connectivity index (χ1n) is 9.59. The molecule has 0 saturated carbocycles. The summed E-state index contributed by atoms with van der Waals surface area (Å²) in [6, 6.07) is 37.9. The summed E-state index contributed by atoms with van der Waals surface area (Å²) in [7, 11) is 0. The first kappa shape index (κ1) is 17.3. The van der Waals surface area contributed by atoms with Gasteiger partial charge in [-0.1, -0.05) is 103 Å². The molecule has 0 amide bonds. The second-order valence-electron chi connectivity index (χ2n) is 6.98. The Balaban J connectivity index is 2.02. The number of rotatable bonds is 4. The van der Waals surface area contributed by atoms with Crippen molar-refractivity contribution in [2.75, 3.05) is 0 Å². The zero-order valence-electron chi connectivity index (χ0n) is 15.7. The van der Waals surface area contributed by atoms with Gasteiger partial charge in [-0.05, 0) is 28.8 Å². The Morgan fingerprint density at radius 2 is 0.966 bits per heavy atom. The fourth-order valence-electron chi connectivity index (χ4n) is 4.21. The van der Waals surface area contributed by atoms with E-state index in [0.29, 0.717) is 5.58 Å². The van der Waals surface area contributed by atoms with E-state index in [0.717, 1.165) is 22.2 Å². The maximum absolute atomic E-state index is 13.3. The number of oxazole rings is 1. The Kier molecular flexibility index (Phi) is 4.14. The standard InChI is InChI=1S/C26H19NO2/c28-25-27(23-18-10-11-19-24(23)29-25)26(20-12-4-1-5-13-20,21-14-6-2-7-15-21)22-16-8-3-9-17-22/h1-19H. The third-order valence-corrected chi connectivity index (χ3v) is 5.40. The van der Waals surface area contributed by atoms with E-state index in [9.17, 15) is 4.79 Å². The minimum Gasteiger partial charge on any atom is -0.408 e. The molecule has 0 saturated heterocycles. The van der Waals surface area contributed by atoms with E-state index in [1.54, 1.807) is 4.57 Å². The summed E-state index contributed by atoms with van der Waals surface area (Å²) in [4.78, 5) is 13.3. The van der Waals surface area contributed by atoms with Crippen molar-refractivity contribution in [3.8, 4) is 0 Å². The van der Waals surface area contributed by atoms with Crippen molar-refractivity contribution in [1.82, 2.24) is 4.57 Å². The number of fused-ring (bicyclic) bond motifs is 1. The number of aromatic nitrogens is 1. The zero-order valence-corrected chi connectivity index (χ0v) is 15.7. The van der Waals surface area contributed by atoms with Gasteiger partial charge in [0.15, 0.2) is 5.58 Å². The van der Waals surface area contributed by atoms with Crippen LogP contribution in [0.1, 0.15) is 16.7 Å². The Morgan fingerprint density at radius 1 is 0.552 bits per heavy atom. The van der Waals surface area contributed by atoms with Gasteiger partial charge in [-0.15, -0.1) is 0 Å². The van der Waals surface area contributed by atoms with Crippen LogP contribution in [0, 0.1) is 0 Å². The molecule has 0 radical (unpaired) electrons. The molecule has 1 heterocycles. The van der Waals surface area contributed by atoms with Crippen molar-refractivity contribution < 1.29 is 4.42 Å². The highest BCUT2D eigenvalue weighted by Gasteiger charge is 2.41. The molecule has 0 bridgehead atoms. The summed E-state index contributed by atoms with van der Waals surface area (Å²) in [5, 5.41) is 0. The minimum absolute atomic E-state index is 0.386. The van der Waals surface area contributed by atoms with Crippen LogP contribution in [0.5, 0.6) is 0 Å². The lowest BCUT2D eigenvalue weighted by Gasteiger charge is -2.36. The molecule has 3 nitrogen and oxygen atoms in total. The number of hydrogen-bond donors (Lipinski definition) is 0. The number of hydrogen-bond acceptors (Lipinski definition) is 2. The molecule has 0 atom stereocenters. The van der Waals surface area contributed by atoms with E-state index >= 15 is 0 Å². The third-order valence-electron chi connectivity index (χ3n) is 5.40. The highest BCUT2D eigenvalue weighted by molar-refractivity contribution is 5.74. The smallest absolute Gasteiger partial charge is 0.408 e.